The van der Waals surface area contributed by atoms with Crippen LogP contribution in [0.25, 0.3) is 0 Å². The second-order valence-corrected chi connectivity index (χ2v) is 3.94. The largest absolute Gasteiger partial charge is 0.350 e. The van der Waals surface area contributed by atoms with Gasteiger partial charge in [0.05, 0.1) is 19.6 Å². The highest BCUT2D eigenvalue weighted by Crippen LogP contribution is 2.25. The molecule has 4 heteroatoms. The van der Waals surface area contributed by atoms with Crippen molar-refractivity contribution in [3.8, 4) is 0 Å². The van der Waals surface area contributed by atoms with Gasteiger partial charge in [0, 0.05) is 19.3 Å². The maximum atomic E-state index is 11.2. The second-order valence-electron chi connectivity index (χ2n) is 3.94. The van der Waals surface area contributed by atoms with Crippen LogP contribution in [0.1, 0.15) is 25.7 Å². The Morgan fingerprint density at radius 1 is 1.07 bits per heavy atom. The summed E-state index contributed by atoms with van der Waals surface area (Å²) in [7, 11) is 0. The highest BCUT2D eigenvalue weighted by atomic mass is 16.7. The molecule has 78 valence electrons. The van der Waals surface area contributed by atoms with Crippen LogP contribution in [0.5, 0.6) is 0 Å². The first-order valence-electron chi connectivity index (χ1n) is 5.00. The third-order valence-electron chi connectivity index (χ3n) is 2.64. The SMILES string of the molecule is O=C1CC(=O)CC(CC2OCCO2)C1. The molecule has 0 spiro atoms. The summed E-state index contributed by atoms with van der Waals surface area (Å²) in [6.07, 6.45) is 1.63. The van der Waals surface area contributed by atoms with E-state index in [9.17, 15) is 9.59 Å². The summed E-state index contributed by atoms with van der Waals surface area (Å²) in [6, 6.07) is 0. The van der Waals surface area contributed by atoms with E-state index in [1.165, 1.54) is 0 Å². The van der Waals surface area contributed by atoms with Crippen molar-refractivity contribution in [2.75, 3.05) is 13.2 Å². The van der Waals surface area contributed by atoms with E-state index in [-0.39, 0.29) is 30.2 Å². The summed E-state index contributed by atoms with van der Waals surface area (Å²) < 4.78 is 10.6. The van der Waals surface area contributed by atoms with Crippen molar-refractivity contribution >= 4 is 11.6 Å². The number of rotatable bonds is 2. The molecule has 0 amide bonds. The molecule has 2 aliphatic rings. The Kier molecular flexibility index (Phi) is 2.93. The number of Topliss-reactive ketones (excluding diaryl/α,β-unsaturated/α-hetero) is 2. The summed E-state index contributed by atoms with van der Waals surface area (Å²) in [5.41, 5.74) is 0. The predicted octanol–water partition coefficient (Wildman–Crippen LogP) is 0.688. The fourth-order valence-corrected chi connectivity index (χ4v) is 2.06. The van der Waals surface area contributed by atoms with Gasteiger partial charge < -0.3 is 9.47 Å². The molecule has 0 aromatic heterocycles. The molecule has 2 rings (SSSR count). The van der Waals surface area contributed by atoms with Crippen molar-refractivity contribution in [2.24, 2.45) is 5.92 Å². The molecule has 4 nitrogen and oxygen atoms in total. The maximum absolute atomic E-state index is 11.2. The van der Waals surface area contributed by atoms with Gasteiger partial charge in [0.25, 0.3) is 0 Å². The number of hydrogen-bond acceptors (Lipinski definition) is 4. The molecule has 2 fully saturated rings. The summed E-state index contributed by atoms with van der Waals surface area (Å²) >= 11 is 0. The lowest BCUT2D eigenvalue weighted by molar-refractivity contribution is -0.132. The van der Waals surface area contributed by atoms with Crippen LogP contribution in [0.3, 0.4) is 0 Å². The molecule has 1 aliphatic heterocycles. The lowest BCUT2D eigenvalue weighted by atomic mass is 9.85. The van der Waals surface area contributed by atoms with Crippen molar-refractivity contribution in [1.29, 1.82) is 0 Å². The van der Waals surface area contributed by atoms with Gasteiger partial charge in [-0.3, -0.25) is 9.59 Å². The van der Waals surface area contributed by atoms with E-state index in [0.717, 1.165) is 0 Å². The van der Waals surface area contributed by atoms with Crippen molar-refractivity contribution in [2.45, 2.75) is 32.0 Å². The van der Waals surface area contributed by atoms with Crippen LogP contribution in [0, 0.1) is 5.92 Å². The van der Waals surface area contributed by atoms with Crippen molar-refractivity contribution < 1.29 is 19.1 Å². The normalized spacial score (nSPS) is 26.0. The Labute approximate surface area is 82.6 Å². The van der Waals surface area contributed by atoms with E-state index >= 15 is 0 Å². The van der Waals surface area contributed by atoms with Crippen LogP contribution < -0.4 is 0 Å². The molecule has 1 aliphatic carbocycles. The topological polar surface area (TPSA) is 52.6 Å². The lowest BCUT2D eigenvalue weighted by Crippen LogP contribution is -2.26. The Morgan fingerprint density at radius 2 is 1.64 bits per heavy atom. The van der Waals surface area contributed by atoms with E-state index < -0.39 is 0 Å². The lowest BCUT2D eigenvalue weighted by Gasteiger charge is -2.21. The highest BCUT2D eigenvalue weighted by molar-refractivity contribution is 6.01. The van der Waals surface area contributed by atoms with Gasteiger partial charge in [0.2, 0.25) is 0 Å². The Hall–Kier alpha value is -0.740. The smallest absolute Gasteiger partial charge is 0.158 e. The van der Waals surface area contributed by atoms with Crippen LogP contribution in [0.4, 0.5) is 0 Å². The zero-order valence-corrected chi connectivity index (χ0v) is 8.03. The van der Waals surface area contributed by atoms with Gasteiger partial charge >= 0.3 is 0 Å². The minimum Gasteiger partial charge on any atom is -0.350 e. The van der Waals surface area contributed by atoms with Gasteiger partial charge in [-0.25, -0.2) is 0 Å². The summed E-state index contributed by atoms with van der Waals surface area (Å²) in [6.45, 7) is 1.25. The standard InChI is InChI=1S/C10H14O4/c11-8-3-7(4-9(12)6-8)5-10-13-1-2-14-10/h7,10H,1-6H2. The Morgan fingerprint density at radius 3 is 2.21 bits per heavy atom. The monoisotopic (exact) mass is 198 g/mol. The molecule has 0 bridgehead atoms. The fraction of sp³-hybridized carbons (Fsp3) is 0.800. The molecule has 0 atom stereocenters. The molecule has 1 heterocycles. The molecular formula is C10H14O4. The van der Waals surface area contributed by atoms with Crippen LogP contribution >= 0.6 is 0 Å². The molecular weight excluding hydrogens is 184 g/mol. The predicted molar refractivity (Wildman–Crippen MR) is 47.7 cm³/mol. The first-order valence-corrected chi connectivity index (χ1v) is 5.00. The van der Waals surface area contributed by atoms with Crippen LogP contribution in [0.2, 0.25) is 0 Å². The average Bonchev–Trinajstić information content (AvgIpc) is 2.54. The Balaban J connectivity index is 1.84. The molecule has 0 aromatic carbocycles. The first kappa shape index (κ1) is 9.80. The molecule has 0 radical (unpaired) electrons. The number of ketones is 2. The molecule has 0 N–H and O–H groups in total. The van der Waals surface area contributed by atoms with Gasteiger partial charge in [-0.2, -0.15) is 0 Å². The molecule has 0 aromatic rings. The fourth-order valence-electron chi connectivity index (χ4n) is 2.06. The third-order valence-corrected chi connectivity index (χ3v) is 2.64. The van der Waals surface area contributed by atoms with Crippen molar-refractivity contribution in [3.05, 3.63) is 0 Å². The zero-order chi connectivity index (χ0) is 9.97. The zero-order valence-electron chi connectivity index (χ0n) is 8.03. The van der Waals surface area contributed by atoms with E-state index in [1.807, 2.05) is 0 Å². The minimum absolute atomic E-state index is 0.0595. The van der Waals surface area contributed by atoms with E-state index in [4.69, 9.17) is 9.47 Å². The number of hydrogen-bond donors (Lipinski definition) is 0. The van der Waals surface area contributed by atoms with Gasteiger partial charge in [0.1, 0.15) is 11.6 Å². The summed E-state index contributed by atoms with van der Waals surface area (Å²) in [5, 5.41) is 0. The van der Waals surface area contributed by atoms with Crippen molar-refractivity contribution in [3.63, 3.8) is 0 Å². The Bertz CT molecular complexity index is 227. The number of carbonyl (C=O) groups is 2. The number of carbonyl (C=O) groups excluding carboxylic acids is 2. The van der Waals surface area contributed by atoms with Crippen LogP contribution in [0.15, 0.2) is 0 Å². The van der Waals surface area contributed by atoms with Crippen LogP contribution in [-0.2, 0) is 19.1 Å². The molecule has 14 heavy (non-hydrogen) atoms. The van der Waals surface area contributed by atoms with E-state index in [2.05, 4.69) is 0 Å². The quantitative estimate of drug-likeness (QED) is 0.612. The van der Waals surface area contributed by atoms with Gasteiger partial charge in [0.15, 0.2) is 6.29 Å². The summed E-state index contributed by atoms with van der Waals surface area (Å²) in [5.74, 6) is 0.250. The second kappa shape index (κ2) is 4.19. The van der Waals surface area contributed by atoms with Gasteiger partial charge in [-0.1, -0.05) is 0 Å². The molecule has 1 saturated carbocycles. The third kappa shape index (κ3) is 2.39. The summed E-state index contributed by atoms with van der Waals surface area (Å²) in [4.78, 5) is 22.3. The van der Waals surface area contributed by atoms with E-state index in [1.54, 1.807) is 0 Å². The minimum atomic E-state index is -0.196. The van der Waals surface area contributed by atoms with Crippen LogP contribution in [-0.4, -0.2) is 31.1 Å². The molecule has 0 unspecified atom stereocenters. The average molecular weight is 198 g/mol. The van der Waals surface area contributed by atoms with Gasteiger partial charge in [-0.15, -0.1) is 0 Å². The highest BCUT2D eigenvalue weighted by Gasteiger charge is 2.29. The van der Waals surface area contributed by atoms with E-state index in [0.29, 0.717) is 32.5 Å². The molecule has 1 saturated heterocycles. The van der Waals surface area contributed by atoms with Crippen molar-refractivity contribution in [1.82, 2.24) is 0 Å². The first-order chi connectivity index (χ1) is 6.74. The maximum Gasteiger partial charge on any atom is 0.158 e. The van der Waals surface area contributed by atoms with Gasteiger partial charge in [-0.05, 0) is 5.92 Å². The number of ether oxygens (including phenoxy) is 2.